The van der Waals surface area contributed by atoms with E-state index in [4.69, 9.17) is 4.74 Å². The molecule has 5 heteroatoms. The molecule has 1 aromatic carbocycles. The lowest BCUT2D eigenvalue weighted by Crippen LogP contribution is -2.34. The van der Waals surface area contributed by atoms with Gasteiger partial charge in [0.2, 0.25) is 5.91 Å². The monoisotopic (exact) mass is 252 g/mol. The van der Waals surface area contributed by atoms with Crippen LogP contribution in [0, 0.1) is 5.82 Å². The number of amides is 1. The van der Waals surface area contributed by atoms with Gasteiger partial charge in [0, 0.05) is 12.6 Å². The van der Waals surface area contributed by atoms with Crippen molar-refractivity contribution in [3.63, 3.8) is 0 Å². The van der Waals surface area contributed by atoms with Gasteiger partial charge in [-0.2, -0.15) is 0 Å². The van der Waals surface area contributed by atoms with E-state index in [0.717, 1.165) is 12.8 Å². The summed E-state index contributed by atoms with van der Waals surface area (Å²) in [5, 5.41) is 5.85. The molecule has 1 aliphatic rings. The van der Waals surface area contributed by atoms with Crippen LogP contribution in [0.3, 0.4) is 0 Å². The molecule has 1 fully saturated rings. The Morgan fingerprint density at radius 2 is 2.28 bits per heavy atom. The van der Waals surface area contributed by atoms with Crippen molar-refractivity contribution in [2.75, 3.05) is 13.7 Å². The molecular weight excluding hydrogens is 235 g/mol. The molecule has 98 valence electrons. The second kappa shape index (κ2) is 5.82. The fraction of sp³-hybridized carbons (Fsp3) is 0.462. The molecule has 18 heavy (non-hydrogen) atoms. The molecule has 0 bridgehead atoms. The van der Waals surface area contributed by atoms with E-state index in [1.165, 1.54) is 13.2 Å². The highest BCUT2D eigenvalue weighted by Gasteiger charge is 2.20. The molecule has 1 saturated carbocycles. The summed E-state index contributed by atoms with van der Waals surface area (Å²) < 4.78 is 18.2. The van der Waals surface area contributed by atoms with Gasteiger partial charge >= 0.3 is 0 Å². The van der Waals surface area contributed by atoms with Crippen molar-refractivity contribution in [1.82, 2.24) is 10.6 Å². The summed E-state index contributed by atoms with van der Waals surface area (Å²) in [4.78, 5) is 11.5. The summed E-state index contributed by atoms with van der Waals surface area (Å²) in [5.41, 5.74) is 0.716. The van der Waals surface area contributed by atoms with Gasteiger partial charge in [-0.1, -0.05) is 6.07 Å². The van der Waals surface area contributed by atoms with Crippen molar-refractivity contribution >= 4 is 5.91 Å². The smallest absolute Gasteiger partial charge is 0.234 e. The predicted octanol–water partition coefficient (Wildman–Crippen LogP) is 1.20. The van der Waals surface area contributed by atoms with Crippen LogP contribution in [0.1, 0.15) is 18.4 Å². The molecule has 0 unspecified atom stereocenters. The molecule has 0 spiro atoms. The third kappa shape index (κ3) is 3.70. The van der Waals surface area contributed by atoms with Crippen LogP contribution in [0.15, 0.2) is 18.2 Å². The molecule has 0 radical (unpaired) electrons. The first kappa shape index (κ1) is 12.8. The Morgan fingerprint density at radius 1 is 1.50 bits per heavy atom. The molecule has 0 atom stereocenters. The Kier molecular flexibility index (Phi) is 4.15. The van der Waals surface area contributed by atoms with Crippen LogP contribution >= 0.6 is 0 Å². The van der Waals surface area contributed by atoms with Crippen molar-refractivity contribution in [2.24, 2.45) is 0 Å². The Balaban J connectivity index is 1.77. The number of hydrogen-bond acceptors (Lipinski definition) is 3. The zero-order valence-electron chi connectivity index (χ0n) is 10.3. The summed E-state index contributed by atoms with van der Waals surface area (Å²) >= 11 is 0. The van der Waals surface area contributed by atoms with Crippen molar-refractivity contribution in [3.8, 4) is 5.75 Å². The maximum Gasteiger partial charge on any atom is 0.234 e. The number of halogens is 1. The van der Waals surface area contributed by atoms with Gasteiger partial charge in [-0.05, 0) is 30.5 Å². The Morgan fingerprint density at radius 3 is 2.89 bits per heavy atom. The number of benzene rings is 1. The first-order chi connectivity index (χ1) is 8.69. The second-order valence-electron chi connectivity index (χ2n) is 4.40. The highest BCUT2D eigenvalue weighted by Crippen LogP contribution is 2.18. The van der Waals surface area contributed by atoms with E-state index in [1.807, 2.05) is 0 Å². The summed E-state index contributed by atoms with van der Waals surface area (Å²) in [6.07, 6.45) is 2.30. The fourth-order valence-electron chi connectivity index (χ4n) is 1.61. The minimum absolute atomic E-state index is 0.0712. The van der Waals surface area contributed by atoms with E-state index in [0.29, 0.717) is 24.7 Å². The number of carbonyl (C=O) groups is 1. The minimum atomic E-state index is -0.416. The molecule has 1 aromatic rings. The highest BCUT2D eigenvalue weighted by atomic mass is 19.1. The van der Waals surface area contributed by atoms with E-state index >= 15 is 0 Å². The molecule has 1 aliphatic carbocycles. The van der Waals surface area contributed by atoms with Gasteiger partial charge in [0.1, 0.15) is 0 Å². The third-order valence-corrected chi connectivity index (χ3v) is 2.83. The Bertz CT molecular complexity index is 433. The average molecular weight is 252 g/mol. The summed E-state index contributed by atoms with van der Waals surface area (Å²) in [5.74, 6) is -0.279. The van der Waals surface area contributed by atoms with Crippen LogP contribution in [0.25, 0.3) is 0 Å². The fourth-order valence-corrected chi connectivity index (χ4v) is 1.61. The van der Waals surface area contributed by atoms with Gasteiger partial charge in [0.15, 0.2) is 11.6 Å². The second-order valence-corrected chi connectivity index (χ2v) is 4.40. The van der Waals surface area contributed by atoms with E-state index < -0.39 is 5.82 Å². The van der Waals surface area contributed by atoms with Crippen molar-refractivity contribution < 1.29 is 13.9 Å². The van der Waals surface area contributed by atoms with Crippen molar-refractivity contribution in [2.45, 2.75) is 25.4 Å². The molecular formula is C13H17FN2O2. The molecule has 4 nitrogen and oxygen atoms in total. The third-order valence-electron chi connectivity index (χ3n) is 2.83. The van der Waals surface area contributed by atoms with Gasteiger partial charge in [-0.3, -0.25) is 4.79 Å². The van der Waals surface area contributed by atoms with E-state index in [9.17, 15) is 9.18 Å². The van der Waals surface area contributed by atoms with Crippen molar-refractivity contribution in [1.29, 1.82) is 0 Å². The SMILES string of the molecule is COc1ccc(CNC(=O)CNC2CC2)cc1F. The summed E-state index contributed by atoms with van der Waals surface area (Å²) in [6, 6.07) is 5.16. The number of carbonyl (C=O) groups excluding carboxylic acids is 1. The van der Waals surface area contributed by atoms with E-state index in [2.05, 4.69) is 10.6 Å². The summed E-state index contributed by atoms with van der Waals surface area (Å²) in [7, 11) is 1.42. The van der Waals surface area contributed by atoms with Gasteiger partial charge < -0.3 is 15.4 Å². The maximum absolute atomic E-state index is 13.4. The normalized spacial score (nSPS) is 14.3. The van der Waals surface area contributed by atoms with E-state index in [1.54, 1.807) is 12.1 Å². The lowest BCUT2D eigenvalue weighted by atomic mass is 10.2. The molecule has 0 heterocycles. The van der Waals surface area contributed by atoms with Crippen LogP contribution in [0.4, 0.5) is 4.39 Å². The van der Waals surface area contributed by atoms with Gasteiger partial charge in [-0.15, -0.1) is 0 Å². The lowest BCUT2D eigenvalue weighted by Gasteiger charge is -2.07. The van der Waals surface area contributed by atoms with Gasteiger partial charge in [-0.25, -0.2) is 4.39 Å². The standard InChI is InChI=1S/C13H17FN2O2/c1-18-12-5-2-9(6-11(12)14)7-16-13(17)8-15-10-3-4-10/h2,5-6,10,15H,3-4,7-8H2,1H3,(H,16,17). The number of rotatable bonds is 6. The Hall–Kier alpha value is -1.62. The molecule has 0 aromatic heterocycles. The van der Waals surface area contributed by atoms with Crippen LogP contribution in [-0.2, 0) is 11.3 Å². The van der Waals surface area contributed by atoms with E-state index in [-0.39, 0.29) is 11.7 Å². The van der Waals surface area contributed by atoms with Crippen LogP contribution < -0.4 is 15.4 Å². The van der Waals surface area contributed by atoms with Gasteiger partial charge in [0.05, 0.1) is 13.7 Å². The first-order valence-corrected chi connectivity index (χ1v) is 6.01. The number of nitrogens with one attached hydrogen (secondary N) is 2. The van der Waals surface area contributed by atoms with Crippen molar-refractivity contribution in [3.05, 3.63) is 29.6 Å². The largest absolute Gasteiger partial charge is 0.494 e. The minimum Gasteiger partial charge on any atom is -0.494 e. The topological polar surface area (TPSA) is 50.4 Å². The van der Waals surface area contributed by atoms with Crippen LogP contribution in [0.2, 0.25) is 0 Å². The maximum atomic E-state index is 13.4. The Labute approximate surface area is 106 Å². The van der Waals surface area contributed by atoms with Gasteiger partial charge in [0.25, 0.3) is 0 Å². The average Bonchev–Trinajstić information content (AvgIpc) is 3.18. The zero-order chi connectivity index (χ0) is 13.0. The lowest BCUT2D eigenvalue weighted by molar-refractivity contribution is -0.120. The number of methoxy groups -OCH3 is 1. The number of ether oxygens (including phenoxy) is 1. The molecule has 1 amide bonds. The quantitative estimate of drug-likeness (QED) is 0.800. The molecule has 2 rings (SSSR count). The highest BCUT2D eigenvalue weighted by molar-refractivity contribution is 5.78. The molecule has 0 saturated heterocycles. The molecule has 0 aliphatic heterocycles. The number of hydrogen-bond donors (Lipinski definition) is 2. The summed E-state index contributed by atoms with van der Waals surface area (Å²) in [6.45, 7) is 0.648. The zero-order valence-corrected chi connectivity index (χ0v) is 10.3. The molecule has 2 N–H and O–H groups in total. The van der Waals surface area contributed by atoms with Crippen LogP contribution in [0.5, 0.6) is 5.75 Å². The van der Waals surface area contributed by atoms with Crippen LogP contribution in [-0.4, -0.2) is 25.6 Å². The first-order valence-electron chi connectivity index (χ1n) is 6.01. The predicted molar refractivity (Wildman–Crippen MR) is 65.8 cm³/mol.